The summed E-state index contributed by atoms with van der Waals surface area (Å²) in [5, 5.41) is 2.95. The molecule has 0 atom stereocenters. The highest BCUT2D eigenvalue weighted by atomic mass is 32.1. The van der Waals surface area contributed by atoms with Gasteiger partial charge in [0.2, 0.25) is 0 Å². The summed E-state index contributed by atoms with van der Waals surface area (Å²) in [4.78, 5) is 24.1. The monoisotopic (exact) mass is 239 g/mol. The first kappa shape index (κ1) is 12.9. The average molecular weight is 239 g/mol. The molecule has 0 saturated carbocycles. The van der Waals surface area contributed by atoms with Gasteiger partial charge in [-0.1, -0.05) is 13.8 Å². The molecule has 0 saturated heterocycles. The van der Waals surface area contributed by atoms with E-state index in [4.69, 9.17) is 0 Å². The molecule has 1 rings (SSSR count). The normalized spacial score (nSPS) is 10.5. The maximum absolute atomic E-state index is 11.8. The highest BCUT2D eigenvalue weighted by molar-refractivity contribution is 7.15. The van der Waals surface area contributed by atoms with Crippen LogP contribution in [0.3, 0.4) is 0 Å². The van der Waals surface area contributed by atoms with Crippen molar-refractivity contribution >= 4 is 23.0 Å². The average Bonchev–Trinajstić information content (AvgIpc) is 2.74. The van der Waals surface area contributed by atoms with Gasteiger partial charge < -0.3 is 5.32 Å². The van der Waals surface area contributed by atoms with E-state index in [0.717, 1.165) is 12.8 Å². The van der Waals surface area contributed by atoms with Crippen molar-refractivity contribution in [3.8, 4) is 0 Å². The fourth-order valence-electron chi connectivity index (χ4n) is 1.40. The van der Waals surface area contributed by atoms with Crippen LogP contribution in [0.15, 0.2) is 12.1 Å². The third kappa shape index (κ3) is 3.17. The van der Waals surface area contributed by atoms with Crippen LogP contribution in [0, 0.1) is 0 Å². The fourth-order valence-corrected chi connectivity index (χ4v) is 2.20. The van der Waals surface area contributed by atoms with Crippen molar-refractivity contribution in [2.24, 2.45) is 0 Å². The Labute approximate surface area is 99.9 Å². The first-order valence-electron chi connectivity index (χ1n) is 5.50. The van der Waals surface area contributed by atoms with E-state index in [0.29, 0.717) is 9.75 Å². The Bertz CT molecular complexity index is 380. The lowest BCUT2D eigenvalue weighted by Crippen LogP contribution is -2.33. The second-order valence-electron chi connectivity index (χ2n) is 3.71. The highest BCUT2D eigenvalue weighted by Gasteiger charge is 2.13. The third-order valence-corrected chi connectivity index (χ3v) is 3.68. The van der Waals surface area contributed by atoms with Gasteiger partial charge >= 0.3 is 0 Å². The Morgan fingerprint density at radius 3 is 2.25 bits per heavy atom. The second-order valence-corrected chi connectivity index (χ2v) is 4.79. The van der Waals surface area contributed by atoms with Gasteiger partial charge in [-0.05, 0) is 31.9 Å². The van der Waals surface area contributed by atoms with E-state index >= 15 is 0 Å². The molecular weight excluding hydrogens is 222 g/mol. The summed E-state index contributed by atoms with van der Waals surface area (Å²) in [6.45, 7) is 5.60. The summed E-state index contributed by atoms with van der Waals surface area (Å²) in [5.74, 6) is -0.0715. The SMILES string of the molecule is CCC(CC)NC(=O)c1ccc(C(C)=O)s1. The van der Waals surface area contributed by atoms with Crippen LogP contribution in [0.2, 0.25) is 0 Å². The standard InChI is InChI=1S/C12H17NO2S/c1-4-9(5-2)13-12(15)11-7-6-10(16-11)8(3)14/h6-7,9H,4-5H2,1-3H3,(H,13,15). The van der Waals surface area contributed by atoms with Gasteiger partial charge in [-0.15, -0.1) is 11.3 Å². The predicted octanol–water partition coefficient (Wildman–Crippen LogP) is 2.87. The van der Waals surface area contributed by atoms with E-state index in [1.54, 1.807) is 12.1 Å². The Morgan fingerprint density at radius 2 is 1.81 bits per heavy atom. The van der Waals surface area contributed by atoms with Gasteiger partial charge in [-0.3, -0.25) is 9.59 Å². The van der Waals surface area contributed by atoms with Crippen LogP contribution in [-0.4, -0.2) is 17.7 Å². The van der Waals surface area contributed by atoms with E-state index in [-0.39, 0.29) is 17.7 Å². The van der Waals surface area contributed by atoms with Gasteiger partial charge in [-0.25, -0.2) is 0 Å². The first-order chi connectivity index (χ1) is 7.58. The number of Topliss-reactive ketones (excluding diaryl/α,β-unsaturated/α-hetero) is 1. The van der Waals surface area contributed by atoms with Crippen molar-refractivity contribution < 1.29 is 9.59 Å². The fraction of sp³-hybridized carbons (Fsp3) is 0.500. The zero-order valence-corrected chi connectivity index (χ0v) is 10.7. The van der Waals surface area contributed by atoms with Gasteiger partial charge in [-0.2, -0.15) is 0 Å². The van der Waals surface area contributed by atoms with Crippen molar-refractivity contribution in [1.82, 2.24) is 5.32 Å². The van der Waals surface area contributed by atoms with Crippen molar-refractivity contribution in [1.29, 1.82) is 0 Å². The van der Waals surface area contributed by atoms with Crippen molar-refractivity contribution in [2.45, 2.75) is 39.7 Å². The minimum absolute atomic E-state index is 0.00610. The number of thiophene rings is 1. The Balaban J connectivity index is 2.69. The summed E-state index contributed by atoms with van der Waals surface area (Å²) in [7, 11) is 0. The number of amides is 1. The molecule has 1 aromatic heterocycles. The minimum atomic E-state index is -0.0776. The van der Waals surface area contributed by atoms with Gasteiger partial charge in [0.1, 0.15) is 0 Å². The maximum atomic E-state index is 11.8. The molecule has 1 amide bonds. The number of carbonyl (C=O) groups excluding carboxylic acids is 2. The number of ketones is 1. The summed E-state index contributed by atoms with van der Waals surface area (Å²) >= 11 is 1.25. The molecule has 88 valence electrons. The summed E-state index contributed by atoms with van der Waals surface area (Å²) in [6, 6.07) is 3.63. The minimum Gasteiger partial charge on any atom is -0.349 e. The molecule has 0 spiro atoms. The van der Waals surface area contributed by atoms with Gasteiger partial charge in [0.25, 0.3) is 5.91 Å². The molecule has 0 aliphatic rings. The maximum Gasteiger partial charge on any atom is 0.261 e. The molecule has 0 aliphatic heterocycles. The number of nitrogens with one attached hydrogen (secondary N) is 1. The molecule has 1 aromatic rings. The Kier molecular flexibility index (Phi) is 4.68. The summed E-state index contributed by atoms with van der Waals surface area (Å²) in [5.41, 5.74) is 0. The quantitative estimate of drug-likeness (QED) is 0.803. The van der Waals surface area contributed by atoms with Crippen molar-refractivity contribution in [2.75, 3.05) is 0 Å². The molecule has 4 heteroatoms. The molecular formula is C12H17NO2S. The molecule has 0 aromatic carbocycles. The van der Waals surface area contributed by atoms with Crippen molar-refractivity contribution in [3.05, 3.63) is 21.9 Å². The van der Waals surface area contributed by atoms with Crippen LogP contribution >= 0.6 is 11.3 Å². The number of carbonyl (C=O) groups is 2. The molecule has 0 fully saturated rings. The smallest absolute Gasteiger partial charge is 0.261 e. The van der Waals surface area contributed by atoms with Gasteiger partial charge in [0.15, 0.2) is 5.78 Å². The summed E-state index contributed by atoms with van der Waals surface area (Å²) < 4.78 is 0. The predicted molar refractivity (Wildman–Crippen MR) is 66.2 cm³/mol. The van der Waals surface area contributed by atoms with Crippen LogP contribution in [-0.2, 0) is 0 Å². The van der Waals surface area contributed by atoms with E-state index in [1.807, 2.05) is 13.8 Å². The summed E-state index contributed by atoms with van der Waals surface area (Å²) in [6.07, 6.45) is 1.85. The molecule has 0 aliphatic carbocycles. The number of hydrogen-bond donors (Lipinski definition) is 1. The number of hydrogen-bond acceptors (Lipinski definition) is 3. The lowest BCUT2D eigenvalue weighted by Gasteiger charge is -2.13. The van der Waals surface area contributed by atoms with Crippen molar-refractivity contribution in [3.63, 3.8) is 0 Å². The van der Waals surface area contributed by atoms with Crippen LogP contribution in [0.25, 0.3) is 0 Å². The second kappa shape index (κ2) is 5.80. The molecule has 3 nitrogen and oxygen atoms in total. The highest BCUT2D eigenvalue weighted by Crippen LogP contribution is 2.17. The van der Waals surface area contributed by atoms with Crippen LogP contribution in [0.1, 0.15) is 53.0 Å². The van der Waals surface area contributed by atoms with Crippen LogP contribution in [0.4, 0.5) is 0 Å². The lowest BCUT2D eigenvalue weighted by molar-refractivity contribution is 0.0938. The largest absolute Gasteiger partial charge is 0.349 e. The zero-order chi connectivity index (χ0) is 12.1. The molecule has 0 unspecified atom stereocenters. The molecule has 1 heterocycles. The van der Waals surface area contributed by atoms with E-state index in [2.05, 4.69) is 5.32 Å². The first-order valence-corrected chi connectivity index (χ1v) is 6.31. The zero-order valence-electron chi connectivity index (χ0n) is 9.87. The molecule has 0 bridgehead atoms. The van der Waals surface area contributed by atoms with Crippen LogP contribution in [0.5, 0.6) is 0 Å². The van der Waals surface area contributed by atoms with E-state index in [9.17, 15) is 9.59 Å². The topological polar surface area (TPSA) is 46.2 Å². The van der Waals surface area contributed by atoms with Crippen LogP contribution < -0.4 is 5.32 Å². The molecule has 1 N–H and O–H groups in total. The lowest BCUT2D eigenvalue weighted by atomic mass is 10.2. The third-order valence-electron chi connectivity index (χ3n) is 2.50. The van der Waals surface area contributed by atoms with E-state index in [1.165, 1.54) is 18.3 Å². The molecule has 0 radical (unpaired) electrons. The van der Waals surface area contributed by atoms with Gasteiger partial charge in [0.05, 0.1) is 9.75 Å². The van der Waals surface area contributed by atoms with E-state index < -0.39 is 0 Å². The number of rotatable bonds is 5. The Hall–Kier alpha value is -1.16. The molecule has 16 heavy (non-hydrogen) atoms. The van der Waals surface area contributed by atoms with Gasteiger partial charge in [0, 0.05) is 6.04 Å². The Morgan fingerprint density at radius 1 is 1.25 bits per heavy atom.